The number of nitrogens with two attached hydrogens (primary N) is 1. The Hall–Kier alpha value is -1.47. The molecule has 2 heterocycles. The number of thiazole rings is 1. The first-order chi connectivity index (χ1) is 9.55. The van der Waals surface area contributed by atoms with Crippen LogP contribution in [0.4, 0.5) is 0 Å². The second kappa shape index (κ2) is 5.88. The van der Waals surface area contributed by atoms with E-state index >= 15 is 0 Å². The molecular formula is C13H19N3O3S. The topological polar surface area (TPSA) is 96.5 Å². The summed E-state index contributed by atoms with van der Waals surface area (Å²) in [5.74, 6) is -1.21. The number of likely N-dealkylation sites (tertiary alicyclic amines) is 1. The van der Waals surface area contributed by atoms with Crippen molar-refractivity contribution in [3.63, 3.8) is 0 Å². The number of hydrogen-bond donors (Lipinski definition) is 2. The summed E-state index contributed by atoms with van der Waals surface area (Å²) in [7, 11) is 0. The number of carbonyl (C=O) groups is 2. The predicted molar refractivity (Wildman–Crippen MR) is 75.8 cm³/mol. The lowest BCUT2D eigenvalue weighted by Crippen LogP contribution is -2.52. The van der Waals surface area contributed by atoms with Crippen molar-refractivity contribution in [3.05, 3.63) is 16.1 Å². The number of carboxylic acid groups (broad SMARTS) is 1. The molecule has 7 heteroatoms. The van der Waals surface area contributed by atoms with Crippen molar-refractivity contribution in [2.75, 3.05) is 13.1 Å². The van der Waals surface area contributed by atoms with Gasteiger partial charge in [0, 0.05) is 18.3 Å². The Balaban J connectivity index is 2.24. The fraction of sp³-hybridized carbons (Fsp3) is 0.615. The van der Waals surface area contributed by atoms with E-state index in [0.29, 0.717) is 44.5 Å². The lowest BCUT2D eigenvalue weighted by atomic mass is 9.93. The molecule has 1 saturated heterocycles. The number of nitrogens with zero attached hydrogens (tertiary/aromatic N) is 2. The molecule has 0 aromatic carbocycles. The van der Waals surface area contributed by atoms with Crippen LogP contribution in [0.15, 0.2) is 5.38 Å². The van der Waals surface area contributed by atoms with Crippen molar-refractivity contribution < 1.29 is 14.7 Å². The van der Waals surface area contributed by atoms with Gasteiger partial charge in [0.05, 0.1) is 5.01 Å². The Labute approximate surface area is 121 Å². The molecule has 3 N–H and O–H groups in total. The third kappa shape index (κ3) is 2.43. The summed E-state index contributed by atoms with van der Waals surface area (Å²) < 4.78 is 0. The van der Waals surface area contributed by atoms with E-state index in [-0.39, 0.29) is 5.91 Å². The van der Waals surface area contributed by atoms with Gasteiger partial charge in [-0.3, -0.25) is 4.79 Å². The summed E-state index contributed by atoms with van der Waals surface area (Å²) >= 11 is 1.39. The zero-order valence-electron chi connectivity index (χ0n) is 11.5. The van der Waals surface area contributed by atoms with Crippen LogP contribution in [0.1, 0.15) is 41.7 Å². The summed E-state index contributed by atoms with van der Waals surface area (Å²) in [5.41, 5.74) is 4.72. The van der Waals surface area contributed by atoms with Crippen LogP contribution in [0.2, 0.25) is 0 Å². The molecule has 2 rings (SSSR count). The summed E-state index contributed by atoms with van der Waals surface area (Å²) in [5, 5.41) is 12.0. The highest BCUT2D eigenvalue weighted by atomic mass is 32.1. The maximum absolute atomic E-state index is 12.5. The smallest absolute Gasteiger partial charge is 0.329 e. The van der Waals surface area contributed by atoms with Crippen molar-refractivity contribution in [1.29, 1.82) is 0 Å². The van der Waals surface area contributed by atoms with Gasteiger partial charge in [0.2, 0.25) is 0 Å². The summed E-state index contributed by atoms with van der Waals surface area (Å²) in [6.45, 7) is 2.77. The summed E-state index contributed by atoms with van der Waals surface area (Å²) in [6, 6.07) is 0. The lowest BCUT2D eigenvalue weighted by Gasteiger charge is -2.33. The normalized spacial score (nSPS) is 22.2. The predicted octanol–water partition coefficient (Wildman–Crippen LogP) is 1.11. The molecule has 1 amide bonds. The van der Waals surface area contributed by atoms with Gasteiger partial charge in [0.1, 0.15) is 11.2 Å². The van der Waals surface area contributed by atoms with Crippen LogP contribution in [0.3, 0.4) is 0 Å². The van der Waals surface area contributed by atoms with E-state index < -0.39 is 11.5 Å². The monoisotopic (exact) mass is 297 g/mol. The first-order valence-electron chi connectivity index (χ1n) is 6.75. The van der Waals surface area contributed by atoms with Crippen LogP contribution >= 0.6 is 11.3 Å². The minimum atomic E-state index is -1.07. The Kier molecular flexibility index (Phi) is 4.39. The van der Waals surface area contributed by atoms with Crippen molar-refractivity contribution >= 4 is 23.2 Å². The quantitative estimate of drug-likeness (QED) is 0.848. The Morgan fingerprint density at radius 3 is 2.95 bits per heavy atom. The average Bonchev–Trinajstić information content (AvgIpc) is 3.05. The first kappa shape index (κ1) is 14.9. The van der Waals surface area contributed by atoms with E-state index in [4.69, 9.17) is 5.73 Å². The molecule has 20 heavy (non-hydrogen) atoms. The van der Waals surface area contributed by atoms with Crippen LogP contribution in [0.25, 0.3) is 0 Å². The van der Waals surface area contributed by atoms with Crippen LogP contribution in [0.5, 0.6) is 0 Å². The number of amides is 1. The largest absolute Gasteiger partial charge is 0.479 e. The fourth-order valence-corrected chi connectivity index (χ4v) is 3.49. The number of aliphatic carboxylic acids is 1. The Bertz CT molecular complexity index is 517. The minimum Gasteiger partial charge on any atom is -0.479 e. The van der Waals surface area contributed by atoms with Gasteiger partial charge in [0.15, 0.2) is 0 Å². The van der Waals surface area contributed by atoms with E-state index in [0.717, 1.165) is 5.01 Å². The minimum absolute atomic E-state index is 0.286. The molecule has 1 fully saturated rings. The number of rotatable bonds is 5. The highest BCUT2D eigenvalue weighted by Gasteiger charge is 2.49. The molecule has 0 aliphatic carbocycles. The van der Waals surface area contributed by atoms with Gasteiger partial charge in [-0.15, -0.1) is 11.3 Å². The fourth-order valence-electron chi connectivity index (χ4n) is 2.70. The van der Waals surface area contributed by atoms with Crippen LogP contribution in [0, 0.1) is 0 Å². The van der Waals surface area contributed by atoms with E-state index in [1.807, 2.05) is 0 Å². The van der Waals surface area contributed by atoms with Gasteiger partial charge in [-0.25, -0.2) is 9.78 Å². The molecule has 1 aliphatic heterocycles. The van der Waals surface area contributed by atoms with Crippen LogP contribution in [-0.2, 0) is 11.2 Å². The highest BCUT2D eigenvalue weighted by molar-refractivity contribution is 7.09. The van der Waals surface area contributed by atoms with Crippen molar-refractivity contribution in [1.82, 2.24) is 9.88 Å². The molecule has 0 bridgehead atoms. The zero-order chi connectivity index (χ0) is 14.8. The van der Waals surface area contributed by atoms with Crippen molar-refractivity contribution in [3.8, 4) is 0 Å². The molecule has 0 radical (unpaired) electrons. The number of carboxylic acids is 1. The maximum atomic E-state index is 12.5. The number of hydrogen-bond acceptors (Lipinski definition) is 5. The molecule has 110 valence electrons. The maximum Gasteiger partial charge on any atom is 0.329 e. The lowest BCUT2D eigenvalue weighted by molar-refractivity contribution is -0.148. The third-order valence-corrected chi connectivity index (χ3v) is 4.75. The third-order valence-electron chi connectivity index (χ3n) is 3.85. The molecule has 0 saturated carbocycles. The molecule has 0 spiro atoms. The second-order valence-corrected chi connectivity index (χ2v) is 5.86. The van der Waals surface area contributed by atoms with Crippen LogP contribution < -0.4 is 5.73 Å². The zero-order valence-corrected chi connectivity index (χ0v) is 12.3. The molecule has 6 nitrogen and oxygen atoms in total. The highest BCUT2D eigenvalue weighted by Crippen LogP contribution is 2.34. The van der Waals surface area contributed by atoms with E-state index in [1.165, 1.54) is 16.2 Å². The summed E-state index contributed by atoms with van der Waals surface area (Å²) in [4.78, 5) is 29.8. The molecule has 1 aliphatic rings. The van der Waals surface area contributed by atoms with Crippen molar-refractivity contribution in [2.24, 2.45) is 5.73 Å². The Morgan fingerprint density at radius 2 is 2.35 bits per heavy atom. The van der Waals surface area contributed by atoms with Gasteiger partial charge in [-0.1, -0.05) is 6.92 Å². The van der Waals surface area contributed by atoms with E-state index in [1.54, 1.807) is 12.3 Å². The van der Waals surface area contributed by atoms with Crippen molar-refractivity contribution in [2.45, 2.75) is 38.1 Å². The van der Waals surface area contributed by atoms with Gasteiger partial charge in [-0.05, 0) is 25.8 Å². The second-order valence-electron chi connectivity index (χ2n) is 4.92. The van der Waals surface area contributed by atoms with E-state index in [9.17, 15) is 14.7 Å². The molecule has 1 atom stereocenters. The molecule has 1 aromatic rings. The number of aromatic nitrogens is 1. The molecular weight excluding hydrogens is 278 g/mol. The van der Waals surface area contributed by atoms with E-state index in [2.05, 4.69) is 4.98 Å². The van der Waals surface area contributed by atoms with Gasteiger partial charge in [-0.2, -0.15) is 0 Å². The van der Waals surface area contributed by atoms with Gasteiger partial charge in [0.25, 0.3) is 5.91 Å². The standard InChI is InChI=1S/C13H19N3O3S/c1-2-13(12(18)19)5-3-7-16(13)11(17)9-8-20-10(15-9)4-6-14/h8H,2-7,14H2,1H3,(H,18,19). The molecule has 1 unspecified atom stereocenters. The summed E-state index contributed by atoms with van der Waals surface area (Å²) in [6.07, 6.45) is 2.26. The van der Waals surface area contributed by atoms with Gasteiger partial charge >= 0.3 is 5.97 Å². The van der Waals surface area contributed by atoms with Gasteiger partial charge < -0.3 is 15.7 Å². The SMILES string of the molecule is CCC1(C(=O)O)CCCN1C(=O)c1csc(CCN)n1. The Morgan fingerprint density at radius 1 is 1.60 bits per heavy atom. The average molecular weight is 297 g/mol. The number of carbonyl (C=O) groups excluding carboxylic acids is 1. The van der Waals surface area contributed by atoms with Crippen LogP contribution in [-0.4, -0.2) is 45.5 Å². The molecule has 1 aromatic heterocycles. The first-order valence-corrected chi connectivity index (χ1v) is 7.63.